The van der Waals surface area contributed by atoms with Crippen molar-refractivity contribution in [1.29, 1.82) is 0 Å². The summed E-state index contributed by atoms with van der Waals surface area (Å²) < 4.78 is 1.22. The van der Waals surface area contributed by atoms with Crippen LogP contribution in [-0.2, 0) is 0 Å². The van der Waals surface area contributed by atoms with Gasteiger partial charge in [0.25, 0.3) is 0 Å². The Morgan fingerprint density at radius 1 is 1.18 bits per heavy atom. The summed E-state index contributed by atoms with van der Waals surface area (Å²) in [5.41, 5.74) is 1.51. The molecule has 1 nitrogen and oxygen atoms in total. The van der Waals surface area contributed by atoms with Crippen LogP contribution in [-0.4, -0.2) is 5.11 Å². The fraction of sp³-hybridized carbons (Fsp3) is 0.467. The van der Waals surface area contributed by atoms with E-state index in [0.29, 0.717) is 5.75 Å². The first-order chi connectivity index (χ1) is 8.24. The van der Waals surface area contributed by atoms with Crippen LogP contribution in [0.2, 0.25) is 0 Å². The van der Waals surface area contributed by atoms with E-state index in [0.717, 1.165) is 11.8 Å². The van der Waals surface area contributed by atoms with Gasteiger partial charge in [-0.2, -0.15) is 0 Å². The Balaban J connectivity index is 1.95. The van der Waals surface area contributed by atoms with Gasteiger partial charge >= 0.3 is 0 Å². The van der Waals surface area contributed by atoms with E-state index >= 15 is 0 Å². The van der Waals surface area contributed by atoms with Crippen molar-refractivity contribution in [3.05, 3.63) is 29.1 Å². The van der Waals surface area contributed by atoms with Crippen molar-refractivity contribution in [2.75, 3.05) is 0 Å². The number of hydrogen-bond acceptors (Lipinski definition) is 2. The minimum Gasteiger partial charge on any atom is -0.508 e. The maximum Gasteiger partial charge on any atom is 0.117 e. The highest BCUT2D eigenvalue weighted by molar-refractivity contribution is 7.17. The van der Waals surface area contributed by atoms with Crippen LogP contribution in [0.25, 0.3) is 10.1 Å². The number of aromatic hydroxyl groups is 1. The fourth-order valence-electron chi connectivity index (χ4n) is 2.92. The van der Waals surface area contributed by atoms with Gasteiger partial charge in [-0.25, -0.2) is 0 Å². The van der Waals surface area contributed by atoms with Crippen molar-refractivity contribution in [1.82, 2.24) is 0 Å². The molecule has 0 amide bonds. The molecule has 0 bridgehead atoms. The molecule has 3 rings (SSSR count). The molecular weight excluding hydrogens is 228 g/mol. The topological polar surface area (TPSA) is 20.2 Å². The number of thiophene rings is 1. The lowest BCUT2D eigenvalue weighted by atomic mass is 9.79. The van der Waals surface area contributed by atoms with Crippen LogP contribution in [0, 0.1) is 5.92 Å². The van der Waals surface area contributed by atoms with Gasteiger partial charge in [-0.3, -0.25) is 0 Å². The summed E-state index contributed by atoms with van der Waals surface area (Å²) in [5, 5.41) is 13.1. The third-order valence-electron chi connectivity index (χ3n) is 4.04. The van der Waals surface area contributed by atoms with Crippen LogP contribution in [0.15, 0.2) is 23.6 Å². The standard InChI is InChI=1S/C15H18OS/c1-10-2-4-11(5-3-10)14-9-17-15-8-12(16)6-7-13(14)15/h6-11,16H,2-5H2,1H3. The summed E-state index contributed by atoms with van der Waals surface area (Å²) in [6.45, 7) is 2.36. The molecule has 0 saturated heterocycles. The van der Waals surface area contributed by atoms with E-state index in [4.69, 9.17) is 0 Å². The second-order valence-electron chi connectivity index (χ2n) is 5.33. The zero-order chi connectivity index (χ0) is 11.8. The first-order valence-electron chi connectivity index (χ1n) is 6.44. The molecule has 90 valence electrons. The predicted molar refractivity (Wildman–Crippen MR) is 73.9 cm³/mol. The van der Waals surface area contributed by atoms with E-state index in [2.05, 4.69) is 18.4 Å². The van der Waals surface area contributed by atoms with Crippen molar-refractivity contribution in [2.24, 2.45) is 5.92 Å². The zero-order valence-electron chi connectivity index (χ0n) is 10.1. The van der Waals surface area contributed by atoms with Crippen molar-refractivity contribution >= 4 is 21.4 Å². The van der Waals surface area contributed by atoms with Gasteiger partial charge < -0.3 is 5.11 Å². The van der Waals surface area contributed by atoms with Gasteiger partial charge in [-0.1, -0.05) is 19.8 Å². The van der Waals surface area contributed by atoms with Gasteiger partial charge in [0, 0.05) is 4.70 Å². The summed E-state index contributed by atoms with van der Waals surface area (Å²) in [7, 11) is 0. The number of hydrogen-bond donors (Lipinski definition) is 1. The maximum atomic E-state index is 9.49. The fourth-order valence-corrected chi connectivity index (χ4v) is 4.00. The molecule has 0 radical (unpaired) electrons. The molecule has 0 unspecified atom stereocenters. The lowest BCUT2D eigenvalue weighted by Gasteiger charge is -2.26. The second kappa shape index (κ2) is 4.34. The molecule has 0 aliphatic heterocycles. The Kier molecular flexibility index (Phi) is 2.83. The highest BCUT2D eigenvalue weighted by atomic mass is 32.1. The van der Waals surface area contributed by atoms with E-state index in [1.807, 2.05) is 12.1 Å². The smallest absolute Gasteiger partial charge is 0.117 e. The highest BCUT2D eigenvalue weighted by Gasteiger charge is 2.21. The van der Waals surface area contributed by atoms with E-state index in [9.17, 15) is 5.11 Å². The molecule has 17 heavy (non-hydrogen) atoms. The number of rotatable bonds is 1. The molecule has 2 aromatic rings. The molecule has 1 aromatic heterocycles. The molecule has 1 aliphatic carbocycles. The van der Waals surface area contributed by atoms with E-state index in [-0.39, 0.29) is 0 Å². The van der Waals surface area contributed by atoms with Crippen molar-refractivity contribution in [2.45, 2.75) is 38.5 Å². The summed E-state index contributed by atoms with van der Waals surface area (Å²) in [5.74, 6) is 2.02. The lowest BCUT2D eigenvalue weighted by Crippen LogP contribution is -2.10. The SMILES string of the molecule is CC1CCC(c2csc3cc(O)ccc23)CC1. The van der Waals surface area contributed by atoms with Crippen molar-refractivity contribution in [3.8, 4) is 5.75 Å². The van der Waals surface area contributed by atoms with Gasteiger partial charge in [-0.15, -0.1) is 11.3 Å². The normalized spacial score (nSPS) is 25.2. The van der Waals surface area contributed by atoms with Gasteiger partial charge in [0.1, 0.15) is 5.75 Å². The third-order valence-corrected chi connectivity index (χ3v) is 5.01. The number of fused-ring (bicyclic) bond motifs is 1. The van der Waals surface area contributed by atoms with Crippen LogP contribution >= 0.6 is 11.3 Å². The Labute approximate surface area is 106 Å². The van der Waals surface area contributed by atoms with Crippen LogP contribution in [0.5, 0.6) is 5.75 Å². The molecule has 1 N–H and O–H groups in total. The van der Waals surface area contributed by atoms with E-state index < -0.39 is 0 Å². The maximum absolute atomic E-state index is 9.49. The quantitative estimate of drug-likeness (QED) is 0.758. The van der Waals surface area contributed by atoms with Gasteiger partial charge in [0.05, 0.1) is 0 Å². The zero-order valence-corrected chi connectivity index (χ0v) is 11.0. The molecule has 1 fully saturated rings. The van der Waals surface area contributed by atoms with Crippen molar-refractivity contribution < 1.29 is 5.11 Å². The Hall–Kier alpha value is -1.02. The third kappa shape index (κ3) is 2.06. The largest absolute Gasteiger partial charge is 0.508 e. The second-order valence-corrected chi connectivity index (χ2v) is 6.24. The number of phenols is 1. The van der Waals surface area contributed by atoms with Gasteiger partial charge in [0.15, 0.2) is 0 Å². The molecule has 1 heterocycles. The average Bonchev–Trinajstić information content (AvgIpc) is 2.73. The number of benzene rings is 1. The Morgan fingerprint density at radius 2 is 1.94 bits per heavy atom. The average molecular weight is 246 g/mol. The minimum absolute atomic E-state index is 0.378. The molecule has 1 aromatic carbocycles. The summed E-state index contributed by atoms with van der Waals surface area (Å²) in [6, 6.07) is 5.77. The van der Waals surface area contributed by atoms with Crippen LogP contribution in [0.1, 0.15) is 44.1 Å². The summed E-state index contributed by atoms with van der Waals surface area (Å²) >= 11 is 1.76. The molecule has 0 spiro atoms. The van der Waals surface area contributed by atoms with E-state index in [1.54, 1.807) is 11.3 Å². The van der Waals surface area contributed by atoms with Crippen LogP contribution in [0.3, 0.4) is 0 Å². The molecule has 1 saturated carbocycles. The Morgan fingerprint density at radius 3 is 2.71 bits per heavy atom. The molecular formula is C15H18OS. The molecule has 2 heteroatoms. The van der Waals surface area contributed by atoms with Crippen LogP contribution < -0.4 is 0 Å². The first-order valence-corrected chi connectivity index (χ1v) is 7.32. The first kappa shape index (κ1) is 11.1. The van der Waals surface area contributed by atoms with Gasteiger partial charge in [-0.05, 0) is 59.2 Å². The van der Waals surface area contributed by atoms with Crippen LogP contribution in [0.4, 0.5) is 0 Å². The lowest BCUT2D eigenvalue weighted by molar-refractivity contribution is 0.349. The monoisotopic (exact) mass is 246 g/mol. The van der Waals surface area contributed by atoms with Crippen molar-refractivity contribution in [3.63, 3.8) is 0 Å². The highest BCUT2D eigenvalue weighted by Crippen LogP contribution is 2.41. The van der Waals surface area contributed by atoms with Gasteiger partial charge in [0.2, 0.25) is 0 Å². The summed E-state index contributed by atoms with van der Waals surface area (Å²) in [4.78, 5) is 0. The summed E-state index contributed by atoms with van der Waals surface area (Å²) in [6.07, 6.45) is 5.38. The predicted octanol–water partition coefficient (Wildman–Crippen LogP) is 4.90. The minimum atomic E-state index is 0.378. The number of phenolic OH excluding ortho intramolecular Hbond substituents is 1. The van der Waals surface area contributed by atoms with E-state index in [1.165, 1.54) is 41.3 Å². The Bertz CT molecular complexity index is 521. The molecule has 1 aliphatic rings. The molecule has 0 atom stereocenters.